The van der Waals surface area contributed by atoms with E-state index in [4.69, 9.17) is 0 Å². The van der Waals surface area contributed by atoms with Crippen molar-refractivity contribution in [3.05, 3.63) is 66.7 Å². The van der Waals surface area contributed by atoms with Crippen LogP contribution in [0, 0.1) is 20.2 Å². The van der Waals surface area contributed by atoms with E-state index in [1.54, 1.807) is 24.3 Å². The molecule has 24 heavy (non-hydrogen) atoms. The van der Waals surface area contributed by atoms with Crippen LogP contribution in [0.3, 0.4) is 0 Å². The average Bonchev–Trinajstić information content (AvgIpc) is 2.48. The van der Waals surface area contributed by atoms with Gasteiger partial charge in [0, 0.05) is 22.3 Å². The van der Waals surface area contributed by atoms with Crippen LogP contribution in [0.4, 0.5) is 22.7 Å². The van der Waals surface area contributed by atoms with E-state index >= 15 is 0 Å². The van der Waals surface area contributed by atoms with E-state index in [9.17, 15) is 20.2 Å². The third-order valence-corrected chi connectivity index (χ3v) is 4.00. The van der Waals surface area contributed by atoms with Gasteiger partial charge in [0.15, 0.2) is 5.69 Å². The van der Waals surface area contributed by atoms with Crippen LogP contribution in [0.5, 0.6) is 0 Å². The van der Waals surface area contributed by atoms with Crippen molar-refractivity contribution >= 4 is 38.7 Å². The van der Waals surface area contributed by atoms with Crippen molar-refractivity contribution < 1.29 is 9.85 Å². The van der Waals surface area contributed by atoms with Crippen molar-refractivity contribution in [3.8, 4) is 0 Å². The fraction of sp³-hybridized carbons (Fsp3) is 0.250. The van der Waals surface area contributed by atoms with Crippen LogP contribution >= 0.6 is 15.9 Å². The van der Waals surface area contributed by atoms with Crippen LogP contribution in [0.1, 0.15) is 26.3 Å². The largest absolute Gasteiger partial charge is 0.344 e. The number of nitrogens with zero attached hydrogens (tertiary/aromatic N) is 2. The summed E-state index contributed by atoms with van der Waals surface area (Å²) in [4.78, 5) is 21.7. The lowest BCUT2D eigenvalue weighted by molar-refractivity contribution is -0.392. The maximum absolute atomic E-state index is 11.5. The lowest BCUT2D eigenvalue weighted by atomic mass is 9.86. The molecule has 2 aromatic carbocycles. The molecule has 2 aromatic rings. The quantitative estimate of drug-likeness (QED) is 0.560. The first-order valence-corrected chi connectivity index (χ1v) is 7.89. The molecule has 0 aliphatic rings. The van der Waals surface area contributed by atoms with Crippen LogP contribution in [0.15, 0.2) is 40.9 Å². The van der Waals surface area contributed by atoms with E-state index in [2.05, 4.69) is 21.2 Å². The lowest BCUT2D eigenvalue weighted by Crippen LogP contribution is -2.13. The lowest BCUT2D eigenvalue weighted by Gasteiger charge is -2.19. The van der Waals surface area contributed by atoms with E-state index < -0.39 is 15.3 Å². The summed E-state index contributed by atoms with van der Waals surface area (Å²) in [5.74, 6) is 0. The molecular weight excluding hydrogens is 378 g/mol. The Morgan fingerprint density at radius 2 is 1.42 bits per heavy atom. The van der Waals surface area contributed by atoms with E-state index in [1.807, 2.05) is 20.8 Å². The van der Waals surface area contributed by atoms with Gasteiger partial charge in [-0.2, -0.15) is 0 Å². The Kier molecular flexibility index (Phi) is 4.88. The van der Waals surface area contributed by atoms with Gasteiger partial charge in [0.25, 0.3) is 11.4 Å². The molecule has 0 spiro atoms. The molecule has 0 aromatic heterocycles. The number of rotatable bonds is 4. The topological polar surface area (TPSA) is 98.3 Å². The second kappa shape index (κ2) is 6.56. The van der Waals surface area contributed by atoms with Crippen LogP contribution in [0.25, 0.3) is 0 Å². The summed E-state index contributed by atoms with van der Waals surface area (Å²) in [5, 5.41) is 25.7. The highest BCUT2D eigenvalue weighted by Gasteiger charge is 2.30. The summed E-state index contributed by atoms with van der Waals surface area (Å²) < 4.78 is 0.833. The summed E-state index contributed by atoms with van der Waals surface area (Å²) in [6.45, 7) is 5.53. The molecule has 0 amide bonds. The zero-order valence-corrected chi connectivity index (χ0v) is 15.0. The van der Waals surface area contributed by atoms with Crippen LogP contribution in [0.2, 0.25) is 0 Å². The number of nitro groups is 2. The molecule has 2 rings (SSSR count). The first kappa shape index (κ1) is 17.9. The fourth-order valence-corrected chi connectivity index (χ4v) is 2.40. The van der Waals surface area contributed by atoms with Crippen LogP contribution < -0.4 is 5.32 Å². The van der Waals surface area contributed by atoms with Crippen molar-refractivity contribution in [2.24, 2.45) is 0 Å². The summed E-state index contributed by atoms with van der Waals surface area (Å²) in [7, 11) is 0. The Labute approximate surface area is 147 Å². The van der Waals surface area contributed by atoms with Crippen molar-refractivity contribution in [2.75, 3.05) is 5.32 Å². The molecule has 1 N–H and O–H groups in total. The van der Waals surface area contributed by atoms with Gasteiger partial charge in [-0.25, -0.2) is 0 Å². The van der Waals surface area contributed by atoms with Gasteiger partial charge in [0.05, 0.1) is 9.85 Å². The Balaban J connectivity index is 2.65. The highest BCUT2D eigenvalue weighted by Crippen LogP contribution is 2.40. The molecule has 0 radical (unpaired) electrons. The molecule has 7 nitrogen and oxygen atoms in total. The summed E-state index contributed by atoms with van der Waals surface area (Å²) >= 11 is 3.29. The molecule has 0 heterocycles. The van der Waals surface area contributed by atoms with Gasteiger partial charge in [-0.15, -0.1) is 0 Å². The standard InChI is InChI=1S/C16H16BrN3O4/c1-16(2,3)10-8-13(19(21)22)15(14(9-10)20(23)24)18-12-6-4-11(17)5-7-12/h4-9,18H,1-3H3. The number of benzene rings is 2. The highest BCUT2D eigenvalue weighted by atomic mass is 79.9. The molecule has 8 heteroatoms. The summed E-state index contributed by atoms with van der Waals surface area (Å²) in [6, 6.07) is 9.60. The van der Waals surface area contributed by atoms with Gasteiger partial charge in [0.2, 0.25) is 0 Å². The number of nitrogens with one attached hydrogen (secondary N) is 1. The predicted octanol–water partition coefficient (Wildman–Crippen LogP) is 5.31. The van der Waals surface area contributed by atoms with Crippen molar-refractivity contribution in [1.29, 1.82) is 0 Å². The molecule has 0 saturated heterocycles. The zero-order valence-electron chi connectivity index (χ0n) is 13.4. The monoisotopic (exact) mass is 393 g/mol. The maximum Gasteiger partial charge on any atom is 0.300 e. The average molecular weight is 394 g/mol. The zero-order chi connectivity index (χ0) is 18.1. The van der Waals surface area contributed by atoms with Gasteiger partial charge in [-0.1, -0.05) is 36.7 Å². The molecule has 0 unspecified atom stereocenters. The Morgan fingerprint density at radius 3 is 1.79 bits per heavy atom. The normalized spacial score (nSPS) is 11.2. The van der Waals surface area contributed by atoms with E-state index in [1.165, 1.54) is 12.1 Å². The molecule has 0 aliphatic heterocycles. The first-order chi connectivity index (χ1) is 11.1. The Bertz CT molecular complexity index is 763. The van der Waals surface area contributed by atoms with Crippen LogP contribution in [-0.4, -0.2) is 9.85 Å². The minimum atomic E-state index is -0.608. The maximum atomic E-state index is 11.5. The Hall–Kier alpha value is -2.48. The molecule has 0 saturated carbocycles. The fourth-order valence-electron chi connectivity index (χ4n) is 2.14. The van der Waals surface area contributed by atoms with Crippen molar-refractivity contribution in [2.45, 2.75) is 26.2 Å². The minimum absolute atomic E-state index is 0.125. The molecule has 0 atom stereocenters. The number of halogens is 1. The van der Waals surface area contributed by atoms with Gasteiger partial charge in [-0.05, 0) is 35.2 Å². The van der Waals surface area contributed by atoms with Gasteiger partial charge >= 0.3 is 0 Å². The number of hydrogen-bond donors (Lipinski definition) is 1. The van der Waals surface area contributed by atoms with Gasteiger partial charge in [0.1, 0.15) is 0 Å². The summed E-state index contributed by atoms with van der Waals surface area (Å²) in [5.41, 5.74) is -0.171. The van der Waals surface area contributed by atoms with E-state index in [0.717, 1.165) is 4.47 Å². The van der Waals surface area contributed by atoms with Crippen molar-refractivity contribution in [1.82, 2.24) is 0 Å². The van der Waals surface area contributed by atoms with Crippen molar-refractivity contribution in [3.63, 3.8) is 0 Å². The Morgan fingerprint density at radius 1 is 0.958 bits per heavy atom. The third-order valence-electron chi connectivity index (χ3n) is 3.47. The molecular formula is C16H16BrN3O4. The molecule has 126 valence electrons. The first-order valence-electron chi connectivity index (χ1n) is 7.09. The van der Waals surface area contributed by atoms with Gasteiger partial charge < -0.3 is 5.32 Å². The van der Waals surface area contributed by atoms with Gasteiger partial charge in [-0.3, -0.25) is 20.2 Å². The second-order valence-electron chi connectivity index (χ2n) is 6.29. The summed E-state index contributed by atoms with van der Waals surface area (Å²) in [6.07, 6.45) is 0. The number of hydrogen-bond acceptors (Lipinski definition) is 5. The molecule has 0 bridgehead atoms. The third kappa shape index (κ3) is 3.88. The minimum Gasteiger partial charge on any atom is -0.344 e. The second-order valence-corrected chi connectivity index (χ2v) is 7.20. The number of nitro benzene ring substituents is 2. The van der Waals surface area contributed by atoms with E-state index in [-0.39, 0.29) is 17.1 Å². The molecule has 0 aliphatic carbocycles. The molecule has 0 fully saturated rings. The van der Waals surface area contributed by atoms with E-state index in [0.29, 0.717) is 11.3 Å². The SMILES string of the molecule is CC(C)(C)c1cc([N+](=O)[O-])c(Nc2ccc(Br)cc2)c([N+](=O)[O-])c1. The highest BCUT2D eigenvalue weighted by molar-refractivity contribution is 9.10. The smallest absolute Gasteiger partial charge is 0.300 e. The number of anilines is 2. The predicted molar refractivity (Wildman–Crippen MR) is 95.9 cm³/mol. The van der Waals surface area contributed by atoms with Crippen LogP contribution in [-0.2, 0) is 5.41 Å².